The van der Waals surface area contributed by atoms with E-state index in [0.29, 0.717) is 11.6 Å². The summed E-state index contributed by atoms with van der Waals surface area (Å²) in [7, 11) is 0. The molecule has 1 saturated heterocycles. The molecule has 0 spiro atoms. The van der Waals surface area contributed by atoms with Gasteiger partial charge in [-0.05, 0) is 73.7 Å². The standard InChI is InChI=1S/C27H27N3O3/c1-16(2)20-10-12-22(13-11-20)29-18(4)14-21(19(29)5)15-23-25(31)28-27(33)30(26(23)32)24-9-7-6-8-17(24)3/h6-16H,1-5H3,(H,28,31,33)/b23-15-. The molecule has 1 N–H and O–H groups in total. The first kappa shape index (κ1) is 22.3. The third-order valence-corrected chi connectivity index (χ3v) is 6.05. The van der Waals surface area contributed by atoms with E-state index in [2.05, 4.69) is 48.0 Å². The summed E-state index contributed by atoms with van der Waals surface area (Å²) in [5, 5.41) is 2.30. The molecule has 1 aliphatic heterocycles. The topological polar surface area (TPSA) is 71.4 Å². The van der Waals surface area contributed by atoms with Gasteiger partial charge in [-0.15, -0.1) is 0 Å². The van der Waals surface area contributed by atoms with Gasteiger partial charge in [-0.25, -0.2) is 9.69 Å². The fourth-order valence-electron chi connectivity index (χ4n) is 4.19. The molecule has 4 amide bonds. The van der Waals surface area contributed by atoms with Crippen LogP contribution in [0, 0.1) is 20.8 Å². The number of nitrogens with zero attached hydrogens (tertiary/aromatic N) is 2. The Morgan fingerprint density at radius 3 is 2.21 bits per heavy atom. The van der Waals surface area contributed by atoms with Crippen molar-refractivity contribution in [3.8, 4) is 5.69 Å². The van der Waals surface area contributed by atoms with E-state index in [9.17, 15) is 14.4 Å². The molecule has 2 aromatic carbocycles. The van der Waals surface area contributed by atoms with Crippen LogP contribution in [0.3, 0.4) is 0 Å². The van der Waals surface area contributed by atoms with Gasteiger partial charge in [-0.1, -0.05) is 44.2 Å². The molecule has 3 aromatic rings. The van der Waals surface area contributed by atoms with Crippen molar-refractivity contribution < 1.29 is 14.4 Å². The van der Waals surface area contributed by atoms with Crippen LogP contribution in [0.15, 0.2) is 60.2 Å². The van der Waals surface area contributed by atoms with Crippen molar-refractivity contribution in [3.63, 3.8) is 0 Å². The third kappa shape index (κ3) is 4.00. The third-order valence-electron chi connectivity index (χ3n) is 6.05. The molecule has 1 aliphatic rings. The summed E-state index contributed by atoms with van der Waals surface area (Å²) < 4.78 is 2.09. The van der Waals surface area contributed by atoms with Gasteiger partial charge in [-0.2, -0.15) is 0 Å². The molecule has 1 fully saturated rings. The van der Waals surface area contributed by atoms with Crippen LogP contribution in [0.2, 0.25) is 0 Å². The Morgan fingerprint density at radius 2 is 1.58 bits per heavy atom. The van der Waals surface area contributed by atoms with E-state index < -0.39 is 17.8 Å². The van der Waals surface area contributed by atoms with Crippen LogP contribution in [0.25, 0.3) is 11.8 Å². The first-order valence-corrected chi connectivity index (χ1v) is 11.0. The van der Waals surface area contributed by atoms with Crippen LogP contribution in [-0.2, 0) is 9.59 Å². The quantitative estimate of drug-likeness (QED) is 0.447. The van der Waals surface area contributed by atoms with Crippen LogP contribution >= 0.6 is 0 Å². The van der Waals surface area contributed by atoms with E-state index in [0.717, 1.165) is 33.1 Å². The van der Waals surface area contributed by atoms with Crippen molar-refractivity contribution in [2.45, 2.75) is 40.5 Å². The molecule has 0 unspecified atom stereocenters. The zero-order chi connectivity index (χ0) is 23.9. The van der Waals surface area contributed by atoms with E-state index in [1.165, 1.54) is 5.56 Å². The van der Waals surface area contributed by atoms with Gasteiger partial charge in [-0.3, -0.25) is 14.9 Å². The Labute approximate surface area is 193 Å². The maximum atomic E-state index is 13.2. The number of carbonyl (C=O) groups excluding carboxylic acids is 3. The van der Waals surface area contributed by atoms with E-state index in [-0.39, 0.29) is 5.57 Å². The summed E-state index contributed by atoms with van der Waals surface area (Å²) in [5.74, 6) is -0.883. The van der Waals surface area contributed by atoms with Crippen molar-refractivity contribution in [2.24, 2.45) is 0 Å². The number of amides is 4. The van der Waals surface area contributed by atoms with Crippen LogP contribution in [0.1, 0.15) is 47.8 Å². The molecule has 168 valence electrons. The number of rotatable bonds is 4. The van der Waals surface area contributed by atoms with Crippen molar-refractivity contribution >= 4 is 29.6 Å². The number of aromatic nitrogens is 1. The SMILES string of the molecule is Cc1ccccc1N1C(=O)NC(=O)/C(=C/c2cc(C)n(-c3ccc(C(C)C)cc3)c2C)C1=O. The Bertz CT molecular complexity index is 1300. The summed E-state index contributed by atoms with van der Waals surface area (Å²) in [5.41, 5.74) is 6.03. The minimum atomic E-state index is -0.743. The summed E-state index contributed by atoms with van der Waals surface area (Å²) >= 11 is 0. The number of anilines is 1. The lowest BCUT2D eigenvalue weighted by Crippen LogP contribution is -2.54. The smallest absolute Gasteiger partial charge is 0.318 e. The van der Waals surface area contributed by atoms with Gasteiger partial charge in [0.05, 0.1) is 5.69 Å². The highest BCUT2D eigenvalue weighted by Crippen LogP contribution is 2.28. The zero-order valence-corrected chi connectivity index (χ0v) is 19.5. The van der Waals surface area contributed by atoms with E-state index in [1.807, 2.05) is 39.0 Å². The predicted octanol–water partition coefficient (Wildman–Crippen LogP) is 5.19. The number of carbonyl (C=O) groups is 3. The summed E-state index contributed by atoms with van der Waals surface area (Å²) in [6.07, 6.45) is 1.57. The molecule has 0 radical (unpaired) electrons. The van der Waals surface area contributed by atoms with Gasteiger partial charge >= 0.3 is 6.03 Å². The molecule has 0 atom stereocenters. The molecule has 6 nitrogen and oxygen atoms in total. The highest BCUT2D eigenvalue weighted by Gasteiger charge is 2.37. The van der Waals surface area contributed by atoms with Gasteiger partial charge in [0.15, 0.2) is 0 Å². The molecule has 4 rings (SSSR count). The number of hydrogen-bond donors (Lipinski definition) is 1. The Balaban J connectivity index is 1.74. The minimum Gasteiger partial charge on any atom is -0.318 e. The number of para-hydroxylation sites is 1. The Morgan fingerprint density at radius 1 is 0.909 bits per heavy atom. The highest BCUT2D eigenvalue weighted by molar-refractivity contribution is 6.39. The summed E-state index contributed by atoms with van der Waals surface area (Å²) in [6, 6.07) is 16.6. The lowest BCUT2D eigenvalue weighted by Gasteiger charge is -2.27. The average Bonchev–Trinajstić information content (AvgIpc) is 3.05. The summed E-state index contributed by atoms with van der Waals surface area (Å²) in [6.45, 7) is 10.1. The van der Waals surface area contributed by atoms with Crippen molar-refractivity contribution in [2.75, 3.05) is 4.90 Å². The van der Waals surface area contributed by atoms with E-state index >= 15 is 0 Å². The molecule has 0 saturated carbocycles. The second-order valence-corrected chi connectivity index (χ2v) is 8.65. The van der Waals surface area contributed by atoms with Crippen molar-refractivity contribution in [1.82, 2.24) is 9.88 Å². The number of aryl methyl sites for hydroxylation is 2. The molecule has 6 heteroatoms. The largest absolute Gasteiger partial charge is 0.335 e. The molecular formula is C27H27N3O3. The zero-order valence-electron chi connectivity index (χ0n) is 19.5. The Kier molecular flexibility index (Phi) is 5.77. The number of hydrogen-bond acceptors (Lipinski definition) is 3. The highest BCUT2D eigenvalue weighted by atomic mass is 16.2. The molecule has 2 heterocycles. The van der Waals surface area contributed by atoms with Crippen LogP contribution in [0.5, 0.6) is 0 Å². The molecular weight excluding hydrogens is 414 g/mol. The second kappa shape index (κ2) is 8.54. The number of barbiturate groups is 1. The normalized spacial score (nSPS) is 15.5. The number of imide groups is 2. The van der Waals surface area contributed by atoms with Crippen LogP contribution in [0.4, 0.5) is 10.5 Å². The van der Waals surface area contributed by atoms with Gasteiger partial charge in [0, 0.05) is 17.1 Å². The van der Waals surface area contributed by atoms with Gasteiger partial charge in [0.1, 0.15) is 5.57 Å². The van der Waals surface area contributed by atoms with Crippen molar-refractivity contribution in [1.29, 1.82) is 0 Å². The lowest BCUT2D eigenvalue weighted by atomic mass is 10.0. The van der Waals surface area contributed by atoms with Gasteiger partial charge < -0.3 is 4.57 Å². The minimum absolute atomic E-state index is 0.0757. The van der Waals surface area contributed by atoms with E-state index in [1.54, 1.807) is 18.2 Å². The predicted molar refractivity (Wildman–Crippen MR) is 130 cm³/mol. The second-order valence-electron chi connectivity index (χ2n) is 8.65. The summed E-state index contributed by atoms with van der Waals surface area (Å²) in [4.78, 5) is 39.4. The van der Waals surface area contributed by atoms with Gasteiger partial charge in [0.2, 0.25) is 0 Å². The fraction of sp³-hybridized carbons (Fsp3) is 0.222. The monoisotopic (exact) mass is 441 g/mol. The first-order valence-electron chi connectivity index (χ1n) is 11.0. The molecule has 33 heavy (non-hydrogen) atoms. The van der Waals surface area contributed by atoms with Crippen LogP contribution < -0.4 is 10.2 Å². The fourth-order valence-corrected chi connectivity index (χ4v) is 4.19. The van der Waals surface area contributed by atoms with Gasteiger partial charge in [0.25, 0.3) is 11.8 Å². The number of urea groups is 1. The maximum absolute atomic E-state index is 13.2. The number of nitrogens with one attached hydrogen (secondary N) is 1. The lowest BCUT2D eigenvalue weighted by molar-refractivity contribution is -0.122. The molecule has 0 aliphatic carbocycles. The average molecular weight is 442 g/mol. The molecule has 0 bridgehead atoms. The first-order chi connectivity index (χ1) is 15.7. The Hall–Kier alpha value is -3.93. The van der Waals surface area contributed by atoms with Crippen molar-refractivity contribution in [3.05, 3.63) is 88.2 Å². The number of benzene rings is 2. The molecule has 1 aromatic heterocycles. The maximum Gasteiger partial charge on any atom is 0.335 e. The van der Waals surface area contributed by atoms with E-state index in [4.69, 9.17) is 0 Å². The van der Waals surface area contributed by atoms with Crippen LogP contribution in [-0.4, -0.2) is 22.4 Å².